The molecule has 0 aromatic heterocycles. The number of nitrogens with two attached hydrogens (primary N) is 1. The zero-order chi connectivity index (χ0) is 5.86. The van der Waals surface area contributed by atoms with Gasteiger partial charge in [0.05, 0.1) is 0 Å². The van der Waals surface area contributed by atoms with E-state index in [-0.39, 0.29) is 12.3 Å². The molecule has 0 heterocycles. The van der Waals surface area contributed by atoms with Crippen molar-refractivity contribution >= 4 is 5.91 Å². The highest BCUT2D eigenvalue weighted by Crippen LogP contribution is 1.89. The van der Waals surface area contributed by atoms with Crippen LogP contribution in [-0.2, 0) is 4.79 Å². The van der Waals surface area contributed by atoms with Gasteiger partial charge in [-0.1, -0.05) is 12.2 Å². The van der Waals surface area contributed by atoms with Gasteiger partial charge in [-0.3, -0.25) is 4.79 Å². The van der Waals surface area contributed by atoms with Crippen LogP contribution in [0.1, 0.15) is 6.42 Å². The van der Waals surface area contributed by atoms with Crippen LogP contribution in [0.15, 0.2) is 12.2 Å². The molecule has 0 saturated heterocycles. The van der Waals surface area contributed by atoms with E-state index in [1.807, 2.05) is 0 Å². The minimum atomic E-state index is -0.375. The van der Waals surface area contributed by atoms with Gasteiger partial charge in [0.15, 0.2) is 0 Å². The van der Waals surface area contributed by atoms with Gasteiger partial charge < -0.3 is 5.73 Å². The van der Waals surface area contributed by atoms with E-state index >= 15 is 0 Å². The Labute approximate surface area is 43.0 Å². The Morgan fingerprint density at radius 2 is 2.14 bits per heavy atom. The Morgan fingerprint density at radius 3 is 2.14 bits per heavy atom. The molecule has 0 bridgehead atoms. The second-order valence-corrected chi connectivity index (χ2v) is 1.39. The van der Waals surface area contributed by atoms with E-state index in [0.717, 1.165) is 0 Å². The monoisotopic (exact) mass is 98.1 g/mol. The molecule has 2 nitrogen and oxygen atoms in total. The highest BCUT2D eigenvalue weighted by atomic mass is 16.1. The predicted molar refractivity (Wildman–Crippen MR) is 28.3 cm³/mol. The van der Waals surface area contributed by atoms with Crippen molar-refractivity contribution in [3.63, 3.8) is 0 Å². The molecule has 0 aromatic carbocycles. The molecule has 0 unspecified atom stereocenters. The second-order valence-electron chi connectivity index (χ2n) is 1.39. The lowest BCUT2D eigenvalue weighted by molar-refractivity contribution is -0.117. The summed E-state index contributed by atoms with van der Waals surface area (Å²) in [6.07, 6.45) is 0.194. The van der Waals surface area contributed by atoms with E-state index in [4.69, 9.17) is 5.73 Å². The van der Waals surface area contributed by atoms with Gasteiger partial charge in [-0.05, 0) is 6.92 Å². The Hall–Kier alpha value is -0.790. The Balaban J connectivity index is 3.32. The van der Waals surface area contributed by atoms with Gasteiger partial charge in [0.25, 0.3) is 0 Å². The smallest absolute Gasteiger partial charge is 0.221 e. The summed E-state index contributed by atoms with van der Waals surface area (Å²) in [4.78, 5) is 9.93. The van der Waals surface area contributed by atoms with E-state index in [1.54, 1.807) is 0 Å². The van der Waals surface area contributed by atoms with Crippen molar-refractivity contribution in [3.8, 4) is 0 Å². The molecule has 7 heavy (non-hydrogen) atoms. The molecule has 39 valence electrons. The standard InChI is InChI=1S/C5H8NO/c1-4(2)3-5(6)7/h1-3H2,(H2,6,7). The van der Waals surface area contributed by atoms with E-state index in [9.17, 15) is 4.79 Å². The maximum absolute atomic E-state index is 9.93. The number of carbonyl (C=O) groups is 1. The lowest BCUT2D eigenvalue weighted by atomic mass is 10.2. The molecule has 0 aliphatic heterocycles. The molecule has 1 amide bonds. The summed E-state index contributed by atoms with van der Waals surface area (Å²) in [5.74, 6) is -0.375. The van der Waals surface area contributed by atoms with Gasteiger partial charge in [0.2, 0.25) is 5.91 Å². The fourth-order valence-electron chi connectivity index (χ4n) is 0.246. The minimum Gasteiger partial charge on any atom is -0.369 e. The summed E-state index contributed by atoms with van der Waals surface area (Å²) in [5.41, 5.74) is 5.32. The highest BCUT2D eigenvalue weighted by molar-refractivity contribution is 5.76. The molecule has 0 aliphatic rings. The van der Waals surface area contributed by atoms with Crippen LogP contribution in [-0.4, -0.2) is 5.91 Å². The molecular weight excluding hydrogens is 90.1 g/mol. The van der Waals surface area contributed by atoms with Crippen LogP contribution in [0.2, 0.25) is 0 Å². The summed E-state index contributed by atoms with van der Waals surface area (Å²) >= 11 is 0. The molecule has 2 N–H and O–H groups in total. The zero-order valence-corrected chi connectivity index (χ0v) is 4.11. The molecule has 2 heteroatoms. The molecule has 1 radical (unpaired) electrons. The summed E-state index contributed by atoms with van der Waals surface area (Å²) in [6, 6.07) is 0. The first-order valence-electron chi connectivity index (χ1n) is 1.91. The lowest BCUT2D eigenvalue weighted by Crippen LogP contribution is -2.09. The van der Waals surface area contributed by atoms with Crippen molar-refractivity contribution in [2.24, 2.45) is 5.73 Å². The van der Waals surface area contributed by atoms with Crippen molar-refractivity contribution in [2.45, 2.75) is 6.42 Å². The fourth-order valence-corrected chi connectivity index (χ4v) is 0.246. The number of primary amides is 1. The maximum Gasteiger partial charge on any atom is 0.221 e. The predicted octanol–water partition coefficient (Wildman–Crippen LogP) is 0.252. The maximum atomic E-state index is 9.93. The number of amides is 1. The Kier molecular flexibility index (Phi) is 2.12. The van der Waals surface area contributed by atoms with Gasteiger partial charge in [-0.15, -0.1) is 0 Å². The molecule has 0 aromatic rings. The van der Waals surface area contributed by atoms with Crippen LogP contribution in [0.4, 0.5) is 0 Å². The topological polar surface area (TPSA) is 43.1 Å². The van der Waals surface area contributed by atoms with Crippen molar-refractivity contribution in [2.75, 3.05) is 0 Å². The normalized spacial score (nSPS) is 8.14. The molecule has 0 rings (SSSR count). The van der Waals surface area contributed by atoms with Crippen molar-refractivity contribution in [1.29, 1.82) is 0 Å². The second kappa shape index (κ2) is 2.39. The number of carbonyl (C=O) groups excluding carboxylic acids is 1. The minimum absolute atomic E-state index is 0.194. The molecule has 0 aliphatic carbocycles. The SMILES string of the molecule is [CH2]C(=C)CC(N)=O. The molecule has 0 atom stereocenters. The molecule has 0 saturated carbocycles. The van der Waals surface area contributed by atoms with Crippen LogP contribution in [0.25, 0.3) is 0 Å². The highest BCUT2D eigenvalue weighted by Gasteiger charge is 1.89. The third kappa shape index (κ3) is 5.21. The van der Waals surface area contributed by atoms with Gasteiger partial charge in [0.1, 0.15) is 0 Å². The van der Waals surface area contributed by atoms with Crippen LogP contribution in [0, 0.1) is 6.92 Å². The molecule has 0 fully saturated rings. The number of rotatable bonds is 2. The zero-order valence-electron chi connectivity index (χ0n) is 4.11. The molecule has 0 spiro atoms. The van der Waals surface area contributed by atoms with Crippen molar-refractivity contribution in [1.82, 2.24) is 0 Å². The summed E-state index contributed by atoms with van der Waals surface area (Å²) in [6.45, 7) is 6.77. The summed E-state index contributed by atoms with van der Waals surface area (Å²) < 4.78 is 0. The van der Waals surface area contributed by atoms with Gasteiger partial charge in [-0.2, -0.15) is 0 Å². The van der Waals surface area contributed by atoms with E-state index in [0.29, 0.717) is 5.57 Å². The first kappa shape index (κ1) is 6.21. The fraction of sp³-hybridized carbons (Fsp3) is 0.200. The van der Waals surface area contributed by atoms with Crippen molar-refractivity contribution < 1.29 is 4.79 Å². The van der Waals surface area contributed by atoms with E-state index in [2.05, 4.69) is 13.5 Å². The lowest BCUT2D eigenvalue weighted by Gasteiger charge is -1.87. The van der Waals surface area contributed by atoms with Crippen LogP contribution < -0.4 is 5.73 Å². The van der Waals surface area contributed by atoms with E-state index in [1.165, 1.54) is 0 Å². The van der Waals surface area contributed by atoms with Gasteiger partial charge in [0, 0.05) is 6.42 Å². The largest absolute Gasteiger partial charge is 0.369 e. The Morgan fingerprint density at radius 1 is 1.71 bits per heavy atom. The van der Waals surface area contributed by atoms with Crippen LogP contribution in [0.3, 0.4) is 0 Å². The van der Waals surface area contributed by atoms with Crippen molar-refractivity contribution in [3.05, 3.63) is 19.1 Å². The third-order valence-electron chi connectivity index (χ3n) is 0.424. The average molecular weight is 98.1 g/mol. The first-order chi connectivity index (χ1) is 3.13. The Bertz CT molecular complexity index is 84.3. The van der Waals surface area contributed by atoms with Crippen LogP contribution in [0.5, 0.6) is 0 Å². The molecular formula is C5H8NO. The number of hydrogen-bond acceptors (Lipinski definition) is 1. The number of hydrogen-bond donors (Lipinski definition) is 1. The van der Waals surface area contributed by atoms with Gasteiger partial charge in [-0.25, -0.2) is 0 Å². The first-order valence-corrected chi connectivity index (χ1v) is 1.91. The average Bonchev–Trinajstić information content (AvgIpc) is 1.27. The van der Waals surface area contributed by atoms with Crippen LogP contribution >= 0.6 is 0 Å². The quantitative estimate of drug-likeness (QED) is 0.528. The van der Waals surface area contributed by atoms with E-state index < -0.39 is 0 Å². The third-order valence-corrected chi connectivity index (χ3v) is 0.424. The summed E-state index contributed by atoms with van der Waals surface area (Å²) in [5, 5.41) is 0. The van der Waals surface area contributed by atoms with Gasteiger partial charge >= 0.3 is 0 Å². The summed E-state index contributed by atoms with van der Waals surface area (Å²) in [7, 11) is 0.